The predicted molar refractivity (Wildman–Crippen MR) is 166 cm³/mol. The van der Waals surface area contributed by atoms with Gasteiger partial charge in [-0.3, -0.25) is 15.6 Å². The lowest BCUT2D eigenvalue weighted by atomic mass is 10.0. The van der Waals surface area contributed by atoms with E-state index in [4.69, 9.17) is 4.98 Å². The first-order chi connectivity index (χ1) is 20.3. The minimum absolute atomic E-state index is 0.0795. The van der Waals surface area contributed by atoms with Crippen LogP contribution in [0.25, 0.3) is 22.3 Å². The van der Waals surface area contributed by atoms with Crippen LogP contribution >= 0.6 is 0 Å². The highest BCUT2D eigenvalue weighted by molar-refractivity contribution is 6.31. The molecule has 3 aromatic rings. The summed E-state index contributed by atoms with van der Waals surface area (Å²) in [7, 11) is 3.98. The molecule has 0 saturated heterocycles. The summed E-state index contributed by atoms with van der Waals surface area (Å²) in [6.07, 6.45) is 8.82. The third-order valence-electron chi connectivity index (χ3n) is 6.44. The molecule has 3 heterocycles. The summed E-state index contributed by atoms with van der Waals surface area (Å²) in [4.78, 5) is 26.6. The Morgan fingerprint density at radius 3 is 2.83 bits per heavy atom. The molecule has 4 rings (SSSR count). The number of aromatic amines is 1. The number of nitrogens with zero attached hydrogens (tertiary/aromatic N) is 5. The van der Waals surface area contributed by atoms with Crippen molar-refractivity contribution in [3.63, 3.8) is 0 Å². The van der Waals surface area contributed by atoms with Gasteiger partial charge >= 0.3 is 0 Å². The number of carbonyl (C=O) groups excluding carboxylic acids is 1. The van der Waals surface area contributed by atoms with Gasteiger partial charge in [0.2, 0.25) is 5.91 Å². The van der Waals surface area contributed by atoms with Gasteiger partial charge in [-0.2, -0.15) is 10.2 Å². The first kappa shape index (κ1) is 30.1. The molecule has 0 atom stereocenters. The minimum Gasteiger partial charge on any atom is -0.384 e. The number of carbonyl (C=O) groups is 1. The summed E-state index contributed by atoms with van der Waals surface area (Å²) in [6, 6.07) is 6.69. The first-order valence-corrected chi connectivity index (χ1v) is 13.8. The molecule has 12 heteroatoms. The zero-order chi connectivity index (χ0) is 30.1. The number of unbranched alkanes of at least 4 members (excludes halogenated alkanes) is 1. The number of benzene rings is 1. The van der Waals surface area contributed by atoms with Crippen molar-refractivity contribution in [3.8, 4) is 11.1 Å². The maximum atomic E-state index is 14.6. The van der Waals surface area contributed by atoms with E-state index in [-0.39, 0.29) is 11.7 Å². The normalized spacial score (nSPS) is 15.3. The van der Waals surface area contributed by atoms with Crippen molar-refractivity contribution in [1.29, 1.82) is 0 Å². The molecule has 0 spiro atoms. The van der Waals surface area contributed by atoms with Gasteiger partial charge in [-0.05, 0) is 63.3 Å². The standard InChI is InChI=1S/C30H37FN10O/c1-6-9-10-25(42)35-21(7-2)18-34-39-28-23(8-3)27(38-40-28)30-36-26-24(11-12-33-29(26)37-30)19-15-20(31)17-22(16-19)32-13-14-41(4)5/h7-8,11-12,15-18,32,34H,2,6,9-10,13-14H2,1,3-5H3,(H,35,42)(H,39,40)(H,33,36,37)/b21-18+,23-8-. The number of amidine groups is 1. The summed E-state index contributed by atoms with van der Waals surface area (Å²) in [5, 5.41) is 14.9. The molecule has 11 nitrogen and oxygen atoms in total. The minimum atomic E-state index is -0.344. The largest absolute Gasteiger partial charge is 0.384 e. The highest BCUT2D eigenvalue weighted by Gasteiger charge is 2.25. The van der Waals surface area contributed by atoms with Crippen molar-refractivity contribution in [2.24, 2.45) is 10.2 Å². The van der Waals surface area contributed by atoms with E-state index in [9.17, 15) is 9.18 Å². The quantitative estimate of drug-likeness (QED) is 0.153. The van der Waals surface area contributed by atoms with Crippen LogP contribution < -0.4 is 21.5 Å². The second kappa shape index (κ2) is 14.2. The molecule has 0 fully saturated rings. The smallest absolute Gasteiger partial charge is 0.224 e. The number of likely N-dealkylation sites (N-methyl/N-ethyl adjacent to an activating group) is 1. The molecule has 5 N–H and O–H groups in total. The first-order valence-electron chi connectivity index (χ1n) is 13.8. The number of pyridine rings is 1. The molecule has 2 aromatic heterocycles. The summed E-state index contributed by atoms with van der Waals surface area (Å²) in [5.41, 5.74) is 10.8. The van der Waals surface area contributed by atoms with Gasteiger partial charge in [0, 0.05) is 48.7 Å². The van der Waals surface area contributed by atoms with Crippen molar-refractivity contribution in [2.75, 3.05) is 32.5 Å². The molecule has 0 radical (unpaired) electrons. The number of hydrogen-bond donors (Lipinski definition) is 5. The number of imidazole rings is 1. The third kappa shape index (κ3) is 7.46. The fraction of sp³-hybridized carbons (Fsp3) is 0.300. The Balaban J connectivity index is 1.54. The van der Waals surface area contributed by atoms with Gasteiger partial charge in [-0.25, -0.2) is 14.4 Å². The Labute approximate surface area is 244 Å². The molecule has 0 saturated carbocycles. The lowest BCUT2D eigenvalue weighted by Gasteiger charge is -2.12. The number of H-pyrrole nitrogens is 1. The van der Waals surface area contributed by atoms with Crippen LogP contribution in [0.3, 0.4) is 0 Å². The van der Waals surface area contributed by atoms with Gasteiger partial charge in [0.1, 0.15) is 17.0 Å². The van der Waals surface area contributed by atoms with Gasteiger partial charge in [-0.15, -0.1) is 0 Å². The van der Waals surface area contributed by atoms with Gasteiger partial charge < -0.3 is 20.5 Å². The molecule has 1 aliphatic heterocycles. The molecule has 0 aliphatic carbocycles. The van der Waals surface area contributed by atoms with E-state index in [0.29, 0.717) is 64.0 Å². The monoisotopic (exact) mass is 572 g/mol. The molecule has 0 bridgehead atoms. The topological polar surface area (TPSA) is 135 Å². The van der Waals surface area contributed by atoms with Crippen molar-refractivity contribution in [3.05, 3.63) is 78.3 Å². The molecule has 220 valence electrons. The van der Waals surface area contributed by atoms with Crippen LogP contribution in [0.4, 0.5) is 10.1 Å². The summed E-state index contributed by atoms with van der Waals surface area (Å²) in [6.45, 7) is 9.15. The number of hydrazone groups is 2. The zero-order valence-corrected chi connectivity index (χ0v) is 24.4. The Morgan fingerprint density at radius 1 is 1.26 bits per heavy atom. The SMILES string of the molecule is C=C/C(=C\N/N=C1/NN=C(c2nc3c(-c4cc(F)cc(NCCN(C)C)c4)ccnc3[nH]2)/C1=C/C)NC(=O)CCCC. The molecular formula is C30H37FN10O. The van der Waals surface area contributed by atoms with Crippen LogP contribution in [0.1, 0.15) is 38.9 Å². The zero-order valence-electron chi connectivity index (χ0n) is 24.4. The number of allylic oxidation sites excluding steroid dienone is 2. The number of anilines is 1. The predicted octanol–water partition coefficient (Wildman–Crippen LogP) is 4.23. The summed E-state index contributed by atoms with van der Waals surface area (Å²) >= 11 is 0. The van der Waals surface area contributed by atoms with E-state index in [0.717, 1.165) is 24.9 Å². The van der Waals surface area contributed by atoms with Crippen LogP contribution in [-0.4, -0.2) is 64.5 Å². The van der Waals surface area contributed by atoms with Gasteiger partial charge in [0.15, 0.2) is 17.3 Å². The number of hydrogen-bond acceptors (Lipinski definition) is 8. The molecule has 1 aliphatic rings. The van der Waals surface area contributed by atoms with Crippen LogP contribution in [0.2, 0.25) is 0 Å². The Kier molecular flexibility index (Phi) is 10.2. The van der Waals surface area contributed by atoms with E-state index in [1.165, 1.54) is 18.2 Å². The summed E-state index contributed by atoms with van der Waals surface area (Å²) < 4.78 is 14.6. The number of fused-ring (bicyclic) bond motifs is 1. The van der Waals surface area contributed by atoms with Crippen LogP contribution in [0, 0.1) is 5.82 Å². The van der Waals surface area contributed by atoms with Gasteiger partial charge in [-0.1, -0.05) is 26.0 Å². The summed E-state index contributed by atoms with van der Waals surface area (Å²) in [5.74, 6) is 0.534. The molecular weight excluding hydrogens is 535 g/mol. The van der Waals surface area contributed by atoms with Crippen molar-refractivity contribution < 1.29 is 9.18 Å². The molecule has 1 aromatic carbocycles. The lowest BCUT2D eigenvalue weighted by molar-refractivity contribution is -0.120. The molecule has 42 heavy (non-hydrogen) atoms. The van der Waals surface area contributed by atoms with Crippen LogP contribution in [0.5, 0.6) is 0 Å². The highest BCUT2D eigenvalue weighted by Crippen LogP contribution is 2.30. The average Bonchev–Trinajstić information content (AvgIpc) is 3.58. The number of rotatable bonds is 13. The van der Waals surface area contributed by atoms with E-state index in [1.54, 1.807) is 12.4 Å². The van der Waals surface area contributed by atoms with Crippen molar-refractivity contribution >= 4 is 34.3 Å². The van der Waals surface area contributed by atoms with Crippen molar-refractivity contribution in [1.82, 2.24) is 36.0 Å². The van der Waals surface area contributed by atoms with Crippen LogP contribution in [-0.2, 0) is 4.79 Å². The van der Waals surface area contributed by atoms with Gasteiger partial charge in [0.05, 0.1) is 5.70 Å². The Bertz CT molecular complexity index is 1570. The fourth-order valence-corrected chi connectivity index (χ4v) is 4.28. The van der Waals surface area contributed by atoms with Crippen molar-refractivity contribution in [2.45, 2.75) is 33.1 Å². The maximum Gasteiger partial charge on any atom is 0.224 e. The average molecular weight is 573 g/mol. The number of halogens is 1. The third-order valence-corrected chi connectivity index (χ3v) is 6.44. The molecule has 0 unspecified atom stereocenters. The van der Waals surface area contributed by atoms with Gasteiger partial charge in [0.25, 0.3) is 0 Å². The highest BCUT2D eigenvalue weighted by atomic mass is 19.1. The maximum absolute atomic E-state index is 14.6. The van der Waals surface area contributed by atoms with E-state index < -0.39 is 0 Å². The lowest BCUT2D eigenvalue weighted by Crippen LogP contribution is -2.23. The van der Waals surface area contributed by atoms with Crippen LogP contribution in [0.15, 0.2) is 76.9 Å². The molecule has 1 amide bonds. The fourth-order valence-electron chi connectivity index (χ4n) is 4.28. The van der Waals surface area contributed by atoms with E-state index in [2.05, 4.69) is 53.1 Å². The number of amides is 1. The Hall–Kier alpha value is -4.84. The second-order valence-electron chi connectivity index (χ2n) is 9.92. The van der Waals surface area contributed by atoms with E-state index >= 15 is 0 Å². The number of aromatic nitrogens is 3. The number of nitrogens with one attached hydrogen (secondary N) is 5. The van der Waals surface area contributed by atoms with E-state index in [1.807, 2.05) is 46.2 Å². The second-order valence-corrected chi connectivity index (χ2v) is 9.92. The Morgan fingerprint density at radius 2 is 2.10 bits per heavy atom.